The summed E-state index contributed by atoms with van der Waals surface area (Å²) in [5.74, 6) is 0.720. The summed E-state index contributed by atoms with van der Waals surface area (Å²) in [5.41, 5.74) is 3.63. The van der Waals surface area contributed by atoms with Gasteiger partial charge in [0.1, 0.15) is 0 Å². The van der Waals surface area contributed by atoms with E-state index in [0.717, 1.165) is 15.2 Å². The van der Waals surface area contributed by atoms with Crippen LogP contribution in [0.3, 0.4) is 0 Å². The Balaban J connectivity index is 2.36. The van der Waals surface area contributed by atoms with Crippen molar-refractivity contribution in [1.29, 1.82) is 0 Å². The second-order valence-electron chi connectivity index (χ2n) is 4.05. The fourth-order valence-corrected chi connectivity index (χ4v) is 2.05. The number of hydrogen-bond acceptors (Lipinski definition) is 3. The minimum atomic E-state index is 0.720. The zero-order chi connectivity index (χ0) is 12.4. The maximum absolute atomic E-state index is 4.33. The van der Waals surface area contributed by atoms with E-state index >= 15 is 0 Å². The first-order valence-corrected chi connectivity index (χ1v) is 6.44. The van der Waals surface area contributed by atoms with Crippen LogP contribution in [0.25, 0.3) is 0 Å². The van der Waals surface area contributed by atoms with E-state index in [1.807, 2.05) is 24.3 Å². The van der Waals surface area contributed by atoms with Gasteiger partial charge in [-0.05, 0) is 48.1 Å². The van der Waals surface area contributed by atoms with Crippen molar-refractivity contribution in [3.8, 4) is 0 Å². The number of nitrogens with zero attached hydrogens (tertiary/aromatic N) is 3. The molecule has 0 saturated heterocycles. The van der Waals surface area contributed by atoms with Crippen LogP contribution in [0.2, 0.25) is 0 Å². The van der Waals surface area contributed by atoms with Gasteiger partial charge in [-0.2, -0.15) is 0 Å². The molecule has 0 aliphatic rings. The van der Waals surface area contributed by atoms with E-state index < -0.39 is 0 Å². The summed E-state index contributed by atoms with van der Waals surface area (Å²) in [4.78, 5) is 10.7. The van der Waals surface area contributed by atoms with Crippen LogP contribution in [0, 0.1) is 17.4 Å². The molecule has 2 aromatic rings. The Labute approximate surface area is 115 Å². The lowest BCUT2D eigenvalue weighted by Crippen LogP contribution is -2.14. The van der Waals surface area contributed by atoms with Gasteiger partial charge < -0.3 is 4.90 Å². The number of anilines is 2. The van der Waals surface area contributed by atoms with Crippen LogP contribution in [0.1, 0.15) is 11.1 Å². The molecule has 4 heteroatoms. The second kappa shape index (κ2) is 5.00. The molecule has 0 bridgehead atoms. The highest BCUT2D eigenvalue weighted by atomic mass is 127. The third-order valence-electron chi connectivity index (χ3n) is 2.62. The summed E-state index contributed by atoms with van der Waals surface area (Å²) >= 11 is 2.20. The molecular formula is C13H14IN3. The fraction of sp³-hybridized carbons (Fsp3) is 0.231. The van der Waals surface area contributed by atoms with Crippen molar-refractivity contribution in [2.75, 3.05) is 11.9 Å². The highest BCUT2D eigenvalue weighted by Gasteiger charge is 2.09. The molecule has 17 heavy (non-hydrogen) atoms. The van der Waals surface area contributed by atoms with Crippen LogP contribution in [0.4, 0.5) is 11.6 Å². The van der Waals surface area contributed by atoms with Crippen LogP contribution < -0.4 is 4.90 Å². The van der Waals surface area contributed by atoms with Crippen molar-refractivity contribution < 1.29 is 0 Å². The minimum absolute atomic E-state index is 0.720. The summed E-state index contributed by atoms with van der Waals surface area (Å²) in [6.07, 6.45) is 3.64. The number of aromatic nitrogens is 2. The molecule has 0 radical (unpaired) electrons. The molecular weight excluding hydrogens is 325 g/mol. The SMILES string of the molecule is Cc1ccc(N(C)c2ncc(I)cn2)c(C)c1. The Kier molecular flexibility index (Phi) is 3.61. The van der Waals surface area contributed by atoms with Crippen LogP contribution in [-0.4, -0.2) is 17.0 Å². The Morgan fingerprint density at radius 3 is 2.35 bits per heavy atom. The Morgan fingerprint density at radius 2 is 1.76 bits per heavy atom. The third kappa shape index (κ3) is 2.74. The van der Waals surface area contributed by atoms with Crippen molar-refractivity contribution in [1.82, 2.24) is 9.97 Å². The largest absolute Gasteiger partial charge is 0.313 e. The van der Waals surface area contributed by atoms with Crippen LogP contribution in [0.15, 0.2) is 30.6 Å². The first-order valence-electron chi connectivity index (χ1n) is 5.36. The number of hydrogen-bond donors (Lipinski definition) is 0. The van der Waals surface area contributed by atoms with Gasteiger partial charge in [0, 0.05) is 28.7 Å². The molecule has 0 aliphatic heterocycles. The van der Waals surface area contributed by atoms with Gasteiger partial charge >= 0.3 is 0 Å². The maximum atomic E-state index is 4.33. The molecule has 0 atom stereocenters. The minimum Gasteiger partial charge on any atom is -0.313 e. The van der Waals surface area contributed by atoms with Crippen molar-refractivity contribution in [2.45, 2.75) is 13.8 Å². The van der Waals surface area contributed by atoms with Crippen LogP contribution in [0.5, 0.6) is 0 Å². The molecule has 2 rings (SSSR count). The smallest absolute Gasteiger partial charge is 0.229 e. The van der Waals surface area contributed by atoms with E-state index in [1.165, 1.54) is 11.1 Å². The summed E-state index contributed by atoms with van der Waals surface area (Å²) in [6.45, 7) is 4.20. The van der Waals surface area contributed by atoms with Gasteiger partial charge in [0.2, 0.25) is 5.95 Å². The predicted molar refractivity (Wildman–Crippen MR) is 78.7 cm³/mol. The van der Waals surface area contributed by atoms with Gasteiger partial charge in [-0.1, -0.05) is 17.7 Å². The number of rotatable bonds is 2. The van der Waals surface area contributed by atoms with Crippen molar-refractivity contribution >= 4 is 34.2 Å². The van der Waals surface area contributed by atoms with E-state index in [9.17, 15) is 0 Å². The highest BCUT2D eigenvalue weighted by molar-refractivity contribution is 14.1. The first-order chi connectivity index (χ1) is 8.08. The lowest BCUT2D eigenvalue weighted by molar-refractivity contribution is 1.03. The van der Waals surface area contributed by atoms with Crippen LogP contribution >= 0.6 is 22.6 Å². The quantitative estimate of drug-likeness (QED) is 0.785. The van der Waals surface area contributed by atoms with Gasteiger partial charge in [0.25, 0.3) is 0 Å². The molecule has 1 aromatic heterocycles. The van der Waals surface area contributed by atoms with Crippen molar-refractivity contribution in [3.63, 3.8) is 0 Å². The molecule has 0 amide bonds. The van der Waals surface area contributed by atoms with E-state index in [4.69, 9.17) is 0 Å². The van der Waals surface area contributed by atoms with E-state index in [2.05, 4.69) is 64.6 Å². The Hall–Kier alpha value is -1.17. The third-order valence-corrected chi connectivity index (χ3v) is 3.18. The molecule has 0 unspecified atom stereocenters. The summed E-state index contributed by atoms with van der Waals surface area (Å²) in [7, 11) is 1.99. The zero-order valence-electron chi connectivity index (χ0n) is 10.1. The van der Waals surface area contributed by atoms with Gasteiger partial charge in [-0.25, -0.2) is 9.97 Å². The average Bonchev–Trinajstić information content (AvgIpc) is 2.29. The molecule has 3 nitrogen and oxygen atoms in total. The Bertz CT molecular complexity index is 523. The summed E-state index contributed by atoms with van der Waals surface area (Å²) in [6, 6.07) is 6.37. The Morgan fingerprint density at radius 1 is 1.12 bits per heavy atom. The normalized spacial score (nSPS) is 10.4. The summed E-state index contributed by atoms with van der Waals surface area (Å²) in [5, 5.41) is 0. The number of halogens is 1. The number of benzene rings is 1. The molecule has 0 aliphatic carbocycles. The molecule has 1 aromatic carbocycles. The topological polar surface area (TPSA) is 29.0 Å². The molecule has 88 valence electrons. The highest BCUT2D eigenvalue weighted by Crippen LogP contribution is 2.24. The monoisotopic (exact) mass is 339 g/mol. The van der Waals surface area contributed by atoms with Crippen molar-refractivity contribution in [3.05, 3.63) is 45.3 Å². The van der Waals surface area contributed by atoms with Gasteiger partial charge in [-0.3, -0.25) is 0 Å². The van der Waals surface area contributed by atoms with Crippen molar-refractivity contribution in [2.24, 2.45) is 0 Å². The van der Waals surface area contributed by atoms with Crippen LogP contribution in [-0.2, 0) is 0 Å². The molecule has 0 spiro atoms. The first kappa shape index (κ1) is 12.3. The summed E-state index contributed by atoms with van der Waals surface area (Å²) < 4.78 is 1.04. The van der Waals surface area contributed by atoms with E-state index in [0.29, 0.717) is 0 Å². The lowest BCUT2D eigenvalue weighted by Gasteiger charge is -2.19. The zero-order valence-corrected chi connectivity index (χ0v) is 12.3. The lowest BCUT2D eigenvalue weighted by atomic mass is 10.1. The fourth-order valence-electron chi connectivity index (χ4n) is 1.77. The van der Waals surface area contributed by atoms with E-state index in [-0.39, 0.29) is 0 Å². The average molecular weight is 339 g/mol. The molecule has 0 N–H and O–H groups in total. The standard InChI is InChI=1S/C13H14IN3/c1-9-4-5-12(10(2)6-9)17(3)13-15-7-11(14)8-16-13/h4-8H,1-3H3. The molecule has 0 saturated carbocycles. The van der Waals surface area contributed by atoms with E-state index in [1.54, 1.807) is 0 Å². The second-order valence-corrected chi connectivity index (χ2v) is 5.30. The number of aryl methyl sites for hydroxylation is 2. The van der Waals surface area contributed by atoms with Gasteiger partial charge in [-0.15, -0.1) is 0 Å². The molecule has 0 fully saturated rings. The van der Waals surface area contributed by atoms with Gasteiger partial charge in [0.05, 0.1) is 0 Å². The van der Waals surface area contributed by atoms with Gasteiger partial charge in [0.15, 0.2) is 0 Å². The maximum Gasteiger partial charge on any atom is 0.229 e. The molecule has 1 heterocycles. The predicted octanol–water partition coefficient (Wildman–Crippen LogP) is 3.47.